The standard InChI is InChI=1S/C16H21N5/c1-2-7-18-15(6-1)16-19-12-14(13-20-16)17-8-5-11-21-9-3-4-10-21/h1-2,6-7,12-13,17H,3-5,8-11H2. The second-order valence-electron chi connectivity index (χ2n) is 5.34. The predicted octanol–water partition coefficient (Wildman–Crippen LogP) is 2.44. The molecule has 0 bridgehead atoms. The van der Waals surface area contributed by atoms with Gasteiger partial charge in [0.2, 0.25) is 0 Å². The number of likely N-dealkylation sites (tertiary alicyclic amines) is 1. The second kappa shape index (κ2) is 7.13. The summed E-state index contributed by atoms with van der Waals surface area (Å²) < 4.78 is 0. The number of pyridine rings is 1. The Labute approximate surface area is 125 Å². The maximum absolute atomic E-state index is 4.36. The summed E-state index contributed by atoms with van der Waals surface area (Å²) in [6.07, 6.45) is 9.28. The van der Waals surface area contributed by atoms with E-state index < -0.39 is 0 Å². The Morgan fingerprint density at radius 3 is 2.57 bits per heavy atom. The molecule has 2 aromatic heterocycles. The molecule has 0 amide bonds. The fourth-order valence-electron chi connectivity index (χ4n) is 2.59. The third-order valence-electron chi connectivity index (χ3n) is 3.72. The van der Waals surface area contributed by atoms with E-state index >= 15 is 0 Å². The summed E-state index contributed by atoms with van der Waals surface area (Å²) >= 11 is 0. The summed E-state index contributed by atoms with van der Waals surface area (Å²) in [5.74, 6) is 0.665. The van der Waals surface area contributed by atoms with E-state index in [4.69, 9.17) is 0 Å². The van der Waals surface area contributed by atoms with Crippen LogP contribution in [-0.4, -0.2) is 46.0 Å². The summed E-state index contributed by atoms with van der Waals surface area (Å²) in [4.78, 5) is 15.5. The third-order valence-corrected chi connectivity index (χ3v) is 3.72. The van der Waals surface area contributed by atoms with E-state index in [1.807, 2.05) is 30.6 Å². The molecular weight excluding hydrogens is 262 g/mol. The van der Waals surface area contributed by atoms with E-state index in [1.165, 1.54) is 32.5 Å². The molecule has 1 N–H and O–H groups in total. The van der Waals surface area contributed by atoms with Gasteiger partial charge in [0.1, 0.15) is 5.69 Å². The molecule has 3 heterocycles. The van der Waals surface area contributed by atoms with Crippen molar-refractivity contribution in [3.05, 3.63) is 36.8 Å². The number of rotatable bonds is 6. The zero-order chi connectivity index (χ0) is 14.3. The van der Waals surface area contributed by atoms with Crippen LogP contribution < -0.4 is 5.32 Å². The van der Waals surface area contributed by atoms with Crippen molar-refractivity contribution in [3.8, 4) is 11.5 Å². The minimum Gasteiger partial charge on any atom is -0.383 e. The molecule has 0 aliphatic carbocycles. The first-order valence-electron chi connectivity index (χ1n) is 7.61. The van der Waals surface area contributed by atoms with Crippen LogP contribution in [0.1, 0.15) is 19.3 Å². The summed E-state index contributed by atoms with van der Waals surface area (Å²) in [5.41, 5.74) is 1.77. The second-order valence-corrected chi connectivity index (χ2v) is 5.34. The smallest absolute Gasteiger partial charge is 0.178 e. The molecule has 1 aliphatic heterocycles. The van der Waals surface area contributed by atoms with E-state index in [9.17, 15) is 0 Å². The van der Waals surface area contributed by atoms with Crippen LogP contribution in [-0.2, 0) is 0 Å². The van der Waals surface area contributed by atoms with Crippen LogP contribution in [0.4, 0.5) is 5.69 Å². The van der Waals surface area contributed by atoms with Gasteiger partial charge in [0.05, 0.1) is 18.1 Å². The minimum atomic E-state index is 0.665. The summed E-state index contributed by atoms with van der Waals surface area (Å²) in [6.45, 7) is 4.67. The number of hydrogen-bond acceptors (Lipinski definition) is 5. The van der Waals surface area contributed by atoms with Gasteiger partial charge in [0.15, 0.2) is 5.82 Å². The number of aromatic nitrogens is 3. The largest absolute Gasteiger partial charge is 0.383 e. The monoisotopic (exact) mass is 283 g/mol. The van der Waals surface area contributed by atoms with Crippen LogP contribution in [0.3, 0.4) is 0 Å². The first-order valence-corrected chi connectivity index (χ1v) is 7.61. The molecule has 2 aromatic rings. The zero-order valence-corrected chi connectivity index (χ0v) is 12.2. The summed E-state index contributed by atoms with van der Waals surface area (Å²) in [5, 5.41) is 3.38. The molecule has 1 saturated heterocycles. The van der Waals surface area contributed by atoms with Gasteiger partial charge < -0.3 is 10.2 Å². The van der Waals surface area contributed by atoms with Crippen molar-refractivity contribution in [2.75, 3.05) is 31.5 Å². The van der Waals surface area contributed by atoms with E-state index in [0.717, 1.165) is 24.3 Å². The van der Waals surface area contributed by atoms with Gasteiger partial charge in [-0.3, -0.25) is 4.98 Å². The lowest BCUT2D eigenvalue weighted by atomic mass is 10.3. The van der Waals surface area contributed by atoms with Crippen molar-refractivity contribution >= 4 is 5.69 Å². The summed E-state index contributed by atoms with van der Waals surface area (Å²) in [7, 11) is 0. The predicted molar refractivity (Wildman–Crippen MR) is 84.0 cm³/mol. The van der Waals surface area contributed by atoms with Crippen LogP contribution >= 0.6 is 0 Å². The van der Waals surface area contributed by atoms with Crippen LogP contribution in [0.15, 0.2) is 36.8 Å². The molecule has 0 atom stereocenters. The lowest BCUT2D eigenvalue weighted by Crippen LogP contribution is -2.22. The average Bonchev–Trinajstić information content (AvgIpc) is 3.06. The molecule has 0 aromatic carbocycles. The maximum Gasteiger partial charge on any atom is 0.178 e. The highest BCUT2D eigenvalue weighted by atomic mass is 15.1. The van der Waals surface area contributed by atoms with Gasteiger partial charge in [-0.1, -0.05) is 6.07 Å². The topological polar surface area (TPSA) is 53.9 Å². The van der Waals surface area contributed by atoms with Gasteiger partial charge >= 0.3 is 0 Å². The first-order chi connectivity index (χ1) is 10.4. The first kappa shape index (κ1) is 13.9. The van der Waals surface area contributed by atoms with Gasteiger partial charge in [-0.2, -0.15) is 0 Å². The van der Waals surface area contributed by atoms with Gasteiger partial charge in [0.25, 0.3) is 0 Å². The fraction of sp³-hybridized carbons (Fsp3) is 0.438. The molecule has 0 spiro atoms. The van der Waals surface area contributed by atoms with Crippen LogP contribution in [0.25, 0.3) is 11.5 Å². The molecule has 0 unspecified atom stereocenters. The normalized spacial score (nSPS) is 15.2. The number of nitrogens with zero attached hydrogens (tertiary/aromatic N) is 4. The molecule has 3 rings (SSSR count). The van der Waals surface area contributed by atoms with E-state index in [2.05, 4.69) is 25.2 Å². The molecule has 5 nitrogen and oxygen atoms in total. The van der Waals surface area contributed by atoms with Crippen molar-refractivity contribution in [3.63, 3.8) is 0 Å². The summed E-state index contributed by atoms with van der Waals surface area (Å²) in [6, 6.07) is 5.74. The minimum absolute atomic E-state index is 0.665. The Morgan fingerprint density at radius 1 is 1.05 bits per heavy atom. The Bertz CT molecular complexity index is 534. The highest BCUT2D eigenvalue weighted by Gasteiger charge is 2.10. The highest BCUT2D eigenvalue weighted by molar-refractivity contribution is 5.50. The number of nitrogens with one attached hydrogen (secondary N) is 1. The molecule has 1 aliphatic rings. The van der Waals surface area contributed by atoms with Crippen molar-refractivity contribution < 1.29 is 0 Å². The average molecular weight is 283 g/mol. The Morgan fingerprint density at radius 2 is 1.86 bits per heavy atom. The Kier molecular flexibility index (Phi) is 4.74. The Balaban J connectivity index is 1.46. The van der Waals surface area contributed by atoms with Crippen LogP contribution in [0.2, 0.25) is 0 Å². The maximum atomic E-state index is 4.36. The number of hydrogen-bond donors (Lipinski definition) is 1. The van der Waals surface area contributed by atoms with E-state index in [1.54, 1.807) is 6.20 Å². The molecule has 110 valence electrons. The molecule has 5 heteroatoms. The molecule has 21 heavy (non-hydrogen) atoms. The molecule has 1 fully saturated rings. The highest BCUT2D eigenvalue weighted by Crippen LogP contribution is 2.12. The lowest BCUT2D eigenvalue weighted by Gasteiger charge is -2.14. The molecular formula is C16H21N5. The molecule has 0 radical (unpaired) electrons. The third kappa shape index (κ3) is 3.98. The van der Waals surface area contributed by atoms with Gasteiger partial charge in [-0.15, -0.1) is 0 Å². The van der Waals surface area contributed by atoms with Crippen LogP contribution in [0.5, 0.6) is 0 Å². The lowest BCUT2D eigenvalue weighted by molar-refractivity contribution is 0.337. The van der Waals surface area contributed by atoms with E-state index in [-0.39, 0.29) is 0 Å². The van der Waals surface area contributed by atoms with Gasteiger partial charge in [-0.25, -0.2) is 9.97 Å². The van der Waals surface area contributed by atoms with Crippen molar-refractivity contribution in [2.24, 2.45) is 0 Å². The number of anilines is 1. The van der Waals surface area contributed by atoms with Crippen molar-refractivity contribution in [2.45, 2.75) is 19.3 Å². The van der Waals surface area contributed by atoms with Crippen molar-refractivity contribution in [1.82, 2.24) is 19.9 Å². The van der Waals surface area contributed by atoms with Crippen LogP contribution in [0, 0.1) is 0 Å². The zero-order valence-electron chi connectivity index (χ0n) is 12.2. The molecule has 0 saturated carbocycles. The SMILES string of the molecule is c1ccc(-c2ncc(NCCCN3CCCC3)cn2)nc1. The fourth-order valence-corrected chi connectivity index (χ4v) is 2.59. The van der Waals surface area contributed by atoms with E-state index in [0.29, 0.717) is 5.82 Å². The Hall–Kier alpha value is -2.01. The van der Waals surface area contributed by atoms with Crippen molar-refractivity contribution in [1.29, 1.82) is 0 Å². The van der Waals surface area contributed by atoms with Gasteiger partial charge in [-0.05, 0) is 51.0 Å². The van der Waals surface area contributed by atoms with Gasteiger partial charge in [0, 0.05) is 12.7 Å². The quantitative estimate of drug-likeness (QED) is 0.825.